The first kappa shape index (κ1) is 20.1. The first-order valence-electron chi connectivity index (χ1n) is 9.31. The lowest BCUT2D eigenvalue weighted by molar-refractivity contribution is 0.414. The molecule has 0 spiro atoms. The minimum Gasteiger partial charge on any atom is -0.497 e. The summed E-state index contributed by atoms with van der Waals surface area (Å²) in [7, 11) is 1.54. The fourth-order valence-corrected chi connectivity index (χ4v) is 3.13. The van der Waals surface area contributed by atoms with Gasteiger partial charge in [0.25, 0.3) is 5.56 Å². The molecule has 29 heavy (non-hydrogen) atoms. The molecule has 0 aliphatic rings. The van der Waals surface area contributed by atoms with Gasteiger partial charge in [0.05, 0.1) is 24.6 Å². The maximum absolute atomic E-state index is 12.5. The summed E-state index contributed by atoms with van der Waals surface area (Å²) in [5.41, 5.74) is 0.398. The highest BCUT2D eigenvalue weighted by Gasteiger charge is 2.20. The second-order valence-corrected chi connectivity index (χ2v) is 6.51. The van der Waals surface area contributed by atoms with E-state index in [0.29, 0.717) is 23.6 Å². The van der Waals surface area contributed by atoms with Gasteiger partial charge in [-0.1, -0.05) is 37.3 Å². The van der Waals surface area contributed by atoms with Crippen LogP contribution >= 0.6 is 0 Å². The molecule has 1 atom stereocenters. The molecule has 2 N–H and O–H groups in total. The van der Waals surface area contributed by atoms with E-state index in [9.17, 15) is 14.7 Å². The minimum atomic E-state index is -0.729. The number of rotatable bonds is 6. The van der Waals surface area contributed by atoms with E-state index in [1.807, 2.05) is 44.2 Å². The molecule has 0 unspecified atom stereocenters. The number of methoxy groups -OCH3 is 1. The molecule has 0 fully saturated rings. The largest absolute Gasteiger partial charge is 0.497 e. The molecule has 2 aromatic carbocycles. The normalized spacial score (nSPS) is 12.6. The predicted molar refractivity (Wildman–Crippen MR) is 113 cm³/mol. The smallest absolute Gasteiger partial charge is 0.335 e. The Morgan fingerprint density at radius 2 is 1.79 bits per heavy atom. The van der Waals surface area contributed by atoms with Gasteiger partial charge in [0.1, 0.15) is 11.3 Å². The van der Waals surface area contributed by atoms with Crippen molar-refractivity contribution in [1.29, 1.82) is 0 Å². The van der Waals surface area contributed by atoms with Crippen molar-refractivity contribution >= 4 is 5.71 Å². The zero-order valence-electron chi connectivity index (χ0n) is 16.5. The van der Waals surface area contributed by atoms with Gasteiger partial charge in [0, 0.05) is 0 Å². The van der Waals surface area contributed by atoms with Crippen molar-refractivity contribution in [1.82, 2.24) is 9.55 Å². The Labute approximate surface area is 168 Å². The molecule has 150 valence electrons. The zero-order valence-corrected chi connectivity index (χ0v) is 16.5. The van der Waals surface area contributed by atoms with Gasteiger partial charge >= 0.3 is 5.69 Å². The molecule has 1 aromatic heterocycles. The van der Waals surface area contributed by atoms with Gasteiger partial charge in [-0.25, -0.2) is 9.36 Å². The maximum Gasteiger partial charge on any atom is 0.335 e. The predicted octanol–water partition coefficient (Wildman–Crippen LogP) is 3.20. The quantitative estimate of drug-likeness (QED) is 0.629. The van der Waals surface area contributed by atoms with Crippen molar-refractivity contribution in [3.05, 3.63) is 86.6 Å². The van der Waals surface area contributed by atoms with E-state index < -0.39 is 17.1 Å². The molecule has 3 rings (SSSR count). The maximum atomic E-state index is 12.5. The van der Waals surface area contributed by atoms with E-state index in [2.05, 4.69) is 9.98 Å². The third kappa shape index (κ3) is 4.13. The third-order valence-electron chi connectivity index (χ3n) is 4.67. The van der Waals surface area contributed by atoms with E-state index in [-0.39, 0.29) is 11.6 Å². The van der Waals surface area contributed by atoms with Crippen molar-refractivity contribution < 1.29 is 9.84 Å². The Balaban J connectivity index is 2.14. The van der Waals surface area contributed by atoms with Crippen LogP contribution in [0.5, 0.6) is 11.6 Å². The standard InChI is InChI=1S/C22H23N3O4/c1-4-18(23-14(2)15-8-6-5-7-9-15)19-20(26)24-22(28)25(21(19)27)16-10-12-17(29-3)13-11-16/h5-14,27H,4H2,1-3H3,(H,24,26,28)/t14-/m1/s1. The van der Waals surface area contributed by atoms with Gasteiger partial charge in [0.15, 0.2) is 0 Å². The summed E-state index contributed by atoms with van der Waals surface area (Å²) in [5, 5.41) is 10.8. The SMILES string of the molecule is CCC(=N[C@H](C)c1ccccc1)c1c(O)n(-c2ccc(OC)cc2)c(=O)[nH]c1=O. The summed E-state index contributed by atoms with van der Waals surface area (Å²) in [6, 6.07) is 16.0. The number of aliphatic imine (C=N–C) groups is 1. The molecule has 3 aromatic rings. The number of aromatic hydroxyl groups is 1. The number of H-pyrrole nitrogens is 1. The first-order chi connectivity index (χ1) is 14.0. The van der Waals surface area contributed by atoms with Crippen LogP contribution in [-0.2, 0) is 0 Å². The van der Waals surface area contributed by atoms with Crippen molar-refractivity contribution in [3.63, 3.8) is 0 Å². The highest BCUT2D eigenvalue weighted by Crippen LogP contribution is 2.23. The molecular weight excluding hydrogens is 370 g/mol. The van der Waals surface area contributed by atoms with E-state index in [1.54, 1.807) is 24.3 Å². The molecule has 0 aliphatic heterocycles. The fourth-order valence-electron chi connectivity index (χ4n) is 3.13. The summed E-state index contributed by atoms with van der Waals surface area (Å²) in [6.07, 6.45) is 0.411. The van der Waals surface area contributed by atoms with Crippen LogP contribution < -0.4 is 16.0 Å². The highest BCUT2D eigenvalue weighted by molar-refractivity contribution is 6.02. The molecule has 0 amide bonds. The monoisotopic (exact) mass is 393 g/mol. The van der Waals surface area contributed by atoms with Crippen molar-refractivity contribution in [2.24, 2.45) is 4.99 Å². The third-order valence-corrected chi connectivity index (χ3v) is 4.67. The van der Waals surface area contributed by atoms with Crippen LogP contribution in [0.3, 0.4) is 0 Å². The van der Waals surface area contributed by atoms with Crippen LogP contribution in [-0.4, -0.2) is 27.5 Å². The van der Waals surface area contributed by atoms with Crippen molar-refractivity contribution in [2.75, 3.05) is 7.11 Å². The summed E-state index contributed by atoms with van der Waals surface area (Å²) < 4.78 is 6.17. The van der Waals surface area contributed by atoms with E-state index >= 15 is 0 Å². The summed E-state index contributed by atoms with van der Waals surface area (Å²) in [5.74, 6) is 0.170. The van der Waals surface area contributed by atoms with E-state index in [1.165, 1.54) is 7.11 Å². The summed E-state index contributed by atoms with van der Waals surface area (Å²) in [4.78, 5) is 31.9. The van der Waals surface area contributed by atoms with Crippen molar-refractivity contribution in [3.8, 4) is 17.3 Å². The molecule has 0 bridgehead atoms. The molecule has 0 radical (unpaired) electrons. The molecule has 1 heterocycles. The second-order valence-electron chi connectivity index (χ2n) is 6.51. The van der Waals surface area contributed by atoms with Gasteiger partial charge in [-0.15, -0.1) is 0 Å². The lowest BCUT2D eigenvalue weighted by atomic mass is 10.1. The number of hydrogen-bond acceptors (Lipinski definition) is 5. The molecule has 0 aliphatic carbocycles. The Morgan fingerprint density at radius 3 is 2.38 bits per heavy atom. The van der Waals surface area contributed by atoms with Crippen LogP contribution in [0, 0.1) is 0 Å². The van der Waals surface area contributed by atoms with Crippen LogP contribution in [0.15, 0.2) is 69.2 Å². The number of nitrogens with one attached hydrogen (secondary N) is 1. The lowest BCUT2D eigenvalue weighted by Crippen LogP contribution is -2.33. The van der Waals surface area contributed by atoms with Crippen molar-refractivity contribution in [2.45, 2.75) is 26.3 Å². The highest BCUT2D eigenvalue weighted by atomic mass is 16.5. The number of aromatic amines is 1. The average molecular weight is 393 g/mol. The van der Waals surface area contributed by atoms with Crippen LogP contribution in [0.25, 0.3) is 5.69 Å². The summed E-state index contributed by atoms with van der Waals surface area (Å²) in [6.45, 7) is 3.76. The molecule has 0 saturated heterocycles. The van der Waals surface area contributed by atoms with E-state index in [4.69, 9.17) is 4.74 Å². The molecular formula is C22H23N3O4. The van der Waals surface area contributed by atoms with Gasteiger partial charge in [0.2, 0.25) is 5.88 Å². The minimum absolute atomic E-state index is 0.00861. The summed E-state index contributed by atoms with van der Waals surface area (Å²) >= 11 is 0. The average Bonchev–Trinajstić information content (AvgIpc) is 2.73. The van der Waals surface area contributed by atoms with Gasteiger partial charge < -0.3 is 9.84 Å². The number of benzene rings is 2. The fraction of sp³-hybridized carbons (Fsp3) is 0.227. The molecule has 0 saturated carbocycles. The van der Waals surface area contributed by atoms with Gasteiger partial charge in [-0.05, 0) is 43.2 Å². The molecule has 7 heteroatoms. The van der Waals surface area contributed by atoms with E-state index in [0.717, 1.165) is 10.1 Å². The Bertz CT molecular complexity index is 1130. The number of aromatic nitrogens is 2. The first-order valence-corrected chi connectivity index (χ1v) is 9.31. The topological polar surface area (TPSA) is 96.7 Å². The number of hydrogen-bond donors (Lipinski definition) is 2. The van der Waals surface area contributed by atoms with Crippen LogP contribution in [0.1, 0.15) is 37.4 Å². The Hall–Kier alpha value is -3.61. The van der Waals surface area contributed by atoms with Crippen LogP contribution in [0.2, 0.25) is 0 Å². The second kappa shape index (κ2) is 8.60. The van der Waals surface area contributed by atoms with Gasteiger partial charge in [-0.2, -0.15) is 0 Å². The number of ether oxygens (including phenoxy) is 1. The Morgan fingerprint density at radius 1 is 1.14 bits per heavy atom. The Kier molecular flexibility index (Phi) is 5.97. The van der Waals surface area contributed by atoms with Crippen LogP contribution in [0.4, 0.5) is 0 Å². The zero-order chi connectivity index (χ0) is 21.0. The lowest BCUT2D eigenvalue weighted by Gasteiger charge is -2.14. The molecule has 7 nitrogen and oxygen atoms in total. The van der Waals surface area contributed by atoms with Gasteiger partial charge in [-0.3, -0.25) is 14.8 Å². The number of nitrogens with zero attached hydrogens (tertiary/aromatic N) is 2.